The monoisotopic (exact) mass is 576 g/mol. The zero-order valence-electron chi connectivity index (χ0n) is 24.2. The second-order valence-electron chi connectivity index (χ2n) is 11.5. The van der Waals surface area contributed by atoms with Crippen molar-refractivity contribution >= 4 is 55.0 Å². The standard InChI is InChI=1S/C40H24N4O/c1-41-27-13-17-39-35(19-27)36-20-28(42-2)14-18-40(36)44(39)30-16-12-26-24-45-23-25-11-15-29(21-33(25)34(26)22-30)43-37-9-5-3-7-31(37)32-8-4-6-10-38(32)43/h3-22H,23-24H2. The number of hydrogen-bond acceptors (Lipinski definition) is 1. The van der Waals surface area contributed by atoms with Gasteiger partial charge < -0.3 is 13.9 Å². The minimum Gasteiger partial charge on any atom is -0.372 e. The van der Waals surface area contributed by atoms with Gasteiger partial charge in [0.1, 0.15) is 0 Å². The normalized spacial score (nSPS) is 12.6. The highest BCUT2D eigenvalue weighted by Crippen LogP contribution is 2.40. The van der Waals surface area contributed by atoms with E-state index < -0.39 is 0 Å². The van der Waals surface area contributed by atoms with Gasteiger partial charge in [0.2, 0.25) is 0 Å². The van der Waals surface area contributed by atoms with Crippen LogP contribution in [-0.4, -0.2) is 9.13 Å². The molecule has 0 amide bonds. The fraction of sp³-hybridized carbons (Fsp3) is 0.0500. The first kappa shape index (κ1) is 25.4. The Kier molecular flexibility index (Phi) is 5.46. The molecule has 45 heavy (non-hydrogen) atoms. The van der Waals surface area contributed by atoms with Crippen LogP contribution in [0.5, 0.6) is 0 Å². The molecule has 0 atom stereocenters. The molecular weight excluding hydrogens is 552 g/mol. The van der Waals surface area contributed by atoms with Crippen molar-refractivity contribution in [3.05, 3.63) is 155 Å². The van der Waals surface area contributed by atoms with Crippen LogP contribution in [-0.2, 0) is 18.0 Å². The number of benzene rings is 6. The number of hydrogen-bond donors (Lipinski definition) is 0. The number of fused-ring (bicyclic) bond motifs is 9. The van der Waals surface area contributed by atoms with Gasteiger partial charge in [0.15, 0.2) is 11.4 Å². The molecule has 5 nitrogen and oxygen atoms in total. The molecule has 0 unspecified atom stereocenters. The predicted octanol–water partition coefficient (Wildman–Crippen LogP) is 10.7. The third-order valence-electron chi connectivity index (χ3n) is 9.08. The van der Waals surface area contributed by atoms with E-state index in [1.54, 1.807) is 0 Å². The first-order valence-electron chi connectivity index (χ1n) is 14.9. The lowest BCUT2D eigenvalue weighted by atomic mass is 9.95. The summed E-state index contributed by atoms with van der Waals surface area (Å²) in [6.45, 7) is 16.2. The molecule has 2 aromatic heterocycles. The molecule has 5 heteroatoms. The summed E-state index contributed by atoms with van der Waals surface area (Å²) in [7, 11) is 0. The average molecular weight is 577 g/mol. The van der Waals surface area contributed by atoms with Gasteiger partial charge in [0.25, 0.3) is 0 Å². The molecule has 3 heterocycles. The first-order valence-corrected chi connectivity index (χ1v) is 14.9. The maximum absolute atomic E-state index is 7.58. The van der Waals surface area contributed by atoms with Gasteiger partial charge in [-0.15, -0.1) is 0 Å². The molecule has 0 fully saturated rings. The van der Waals surface area contributed by atoms with E-state index in [1.807, 2.05) is 36.4 Å². The molecule has 0 spiro atoms. The first-order chi connectivity index (χ1) is 22.2. The van der Waals surface area contributed by atoms with Crippen LogP contribution in [0.1, 0.15) is 11.1 Å². The summed E-state index contributed by atoms with van der Waals surface area (Å²) in [5.41, 5.74) is 12.3. The minimum atomic E-state index is 0.533. The number of rotatable bonds is 2. The molecule has 0 saturated carbocycles. The van der Waals surface area contributed by atoms with Crippen LogP contribution in [0.2, 0.25) is 0 Å². The molecular formula is C40H24N4O. The van der Waals surface area contributed by atoms with E-state index in [2.05, 4.69) is 104 Å². The van der Waals surface area contributed by atoms with Crippen LogP contribution in [0, 0.1) is 13.1 Å². The molecule has 0 N–H and O–H groups in total. The second-order valence-corrected chi connectivity index (χ2v) is 11.5. The van der Waals surface area contributed by atoms with Gasteiger partial charge in [-0.1, -0.05) is 60.7 Å². The zero-order chi connectivity index (χ0) is 30.1. The lowest BCUT2D eigenvalue weighted by Crippen LogP contribution is -1.99. The van der Waals surface area contributed by atoms with Crippen LogP contribution in [0.25, 0.3) is 75.8 Å². The van der Waals surface area contributed by atoms with Crippen molar-refractivity contribution in [1.82, 2.24) is 9.13 Å². The number of aromatic nitrogens is 2. The maximum Gasteiger partial charge on any atom is 0.188 e. The SMILES string of the molecule is [C-]#[N+]c1ccc2c(c1)c1cc([N+]#[C-])ccc1n2-c1ccc2c(c1)-c1cc(-n3c4ccccc4c4ccccc43)ccc1COC2. The summed E-state index contributed by atoms with van der Waals surface area (Å²) < 4.78 is 10.8. The van der Waals surface area contributed by atoms with E-state index in [0.29, 0.717) is 24.6 Å². The Morgan fingerprint density at radius 1 is 0.467 bits per heavy atom. The highest BCUT2D eigenvalue weighted by Gasteiger charge is 2.20. The van der Waals surface area contributed by atoms with Crippen LogP contribution in [0.3, 0.4) is 0 Å². The third kappa shape index (κ3) is 3.76. The number of nitrogens with zero attached hydrogens (tertiary/aromatic N) is 4. The van der Waals surface area contributed by atoms with Gasteiger partial charge in [0, 0.05) is 22.1 Å². The summed E-state index contributed by atoms with van der Waals surface area (Å²) in [6.07, 6.45) is 0. The Labute approximate surface area is 259 Å². The Morgan fingerprint density at radius 3 is 1.38 bits per heavy atom. The van der Waals surface area contributed by atoms with E-state index in [4.69, 9.17) is 17.9 Å². The Hall–Kier alpha value is -6.14. The summed E-state index contributed by atoms with van der Waals surface area (Å²) in [4.78, 5) is 7.35. The maximum atomic E-state index is 7.58. The van der Waals surface area contributed by atoms with Crippen LogP contribution in [0.4, 0.5) is 11.4 Å². The van der Waals surface area contributed by atoms with Crippen molar-refractivity contribution in [1.29, 1.82) is 0 Å². The summed E-state index contributed by atoms with van der Waals surface area (Å²) >= 11 is 0. The highest BCUT2D eigenvalue weighted by atomic mass is 16.5. The average Bonchev–Trinajstić information content (AvgIpc) is 3.53. The van der Waals surface area contributed by atoms with Crippen molar-refractivity contribution in [2.75, 3.05) is 0 Å². The van der Waals surface area contributed by atoms with Gasteiger partial charge in [-0.25, -0.2) is 9.69 Å². The topological polar surface area (TPSA) is 27.8 Å². The van der Waals surface area contributed by atoms with Crippen molar-refractivity contribution in [2.24, 2.45) is 0 Å². The second kappa shape index (κ2) is 9.69. The van der Waals surface area contributed by atoms with Gasteiger partial charge in [0.05, 0.1) is 48.4 Å². The molecule has 0 aliphatic carbocycles. The third-order valence-corrected chi connectivity index (χ3v) is 9.08. The van der Waals surface area contributed by atoms with Gasteiger partial charge in [-0.2, -0.15) is 0 Å². The zero-order valence-corrected chi connectivity index (χ0v) is 24.2. The molecule has 9 rings (SSSR count). The number of ether oxygens (including phenoxy) is 1. The molecule has 0 radical (unpaired) electrons. The van der Waals surface area contributed by atoms with Gasteiger partial charge >= 0.3 is 0 Å². The Bertz CT molecular complexity index is 2480. The number of para-hydroxylation sites is 2. The van der Waals surface area contributed by atoms with Crippen LogP contribution < -0.4 is 0 Å². The van der Waals surface area contributed by atoms with Crippen molar-refractivity contribution in [3.8, 4) is 22.5 Å². The summed E-state index contributed by atoms with van der Waals surface area (Å²) in [5, 5.41) is 4.42. The summed E-state index contributed by atoms with van der Waals surface area (Å²) in [5.74, 6) is 0. The quantitative estimate of drug-likeness (QED) is 0.188. The molecule has 0 saturated heterocycles. The minimum absolute atomic E-state index is 0.533. The fourth-order valence-corrected chi connectivity index (χ4v) is 7.05. The fourth-order valence-electron chi connectivity index (χ4n) is 7.05. The molecule has 1 aliphatic rings. The lowest BCUT2D eigenvalue weighted by Gasteiger charge is -2.16. The van der Waals surface area contributed by atoms with Gasteiger partial charge in [-0.05, 0) is 93.7 Å². The van der Waals surface area contributed by atoms with Crippen molar-refractivity contribution in [2.45, 2.75) is 13.2 Å². The van der Waals surface area contributed by atoms with E-state index in [0.717, 1.165) is 55.4 Å². The molecule has 1 aliphatic heterocycles. The smallest absolute Gasteiger partial charge is 0.188 e. The predicted molar refractivity (Wildman–Crippen MR) is 182 cm³/mol. The lowest BCUT2D eigenvalue weighted by molar-refractivity contribution is 0.110. The summed E-state index contributed by atoms with van der Waals surface area (Å²) in [6, 6.07) is 42.1. The van der Waals surface area contributed by atoms with Crippen LogP contribution in [0.15, 0.2) is 121 Å². The largest absolute Gasteiger partial charge is 0.372 e. The molecule has 8 aromatic rings. The van der Waals surface area contributed by atoms with Crippen molar-refractivity contribution < 1.29 is 4.74 Å². The van der Waals surface area contributed by atoms with Crippen LogP contribution >= 0.6 is 0 Å². The molecule has 6 aromatic carbocycles. The van der Waals surface area contributed by atoms with Gasteiger partial charge in [-0.3, -0.25) is 0 Å². The van der Waals surface area contributed by atoms with Crippen molar-refractivity contribution in [3.63, 3.8) is 0 Å². The van der Waals surface area contributed by atoms with E-state index in [-0.39, 0.29) is 0 Å². The van der Waals surface area contributed by atoms with E-state index >= 15 is 0 Å². The molecule has 0 bridgehead atoms. The Balaban J connectivity index is 1.29. The molecule has 210 valence electrons. The van der Waals surface area contributed by atoms with E-state index in [1.165, 1.54) is 21.8 Å². The van der Waals surface area contributed by atoms with E-state index in [9.17, 15) is 0 Å². The highest BCUT2D eigenvalue weighted by molar-refractivity contribution is 6.12. The Morgan fingerprint density at radius 2 is 0.911 bits per heavy atom.